The summed E-state index contributed by atoms with van der Waals surface area (Å²) >= 11 is 0. The van der Waals surface area contributed by atoms with Crippen LogP contribution < -0.4 is 0 Å². The van der Waals surface area contributed by atoms with Gasteiger partial charge < -0.3 is 10.0 Å². The molecule has 1 heterocycles. The molecule has 2 fully saturated rings. The van der Waals surface area contributed by atoms with E-state index in [9.17, 15) is 9.59 Å². The quantitative estimate of drug-likeness (QED) is 0.913. The predicted molar refractivity (Wildman–Crippen MR) is 81.8 cm³/mol. The molecule has 4 nitrogen and oxygen atoms in total. The molecule has 1 saturated heterocycles. The van der Waals surface area contributed by atoms with Gasteiger partial charge in [0, 0.05) is 18.7 Å². The van der Waals surface area contributed by atoms with E-state index in [1.165, 1.54) is 17.5 Å². The molecule has 0 aromatic heterocycles. The van der Waals surface area contributed by atoms with Crippen molar-refractivity contribution in [1.29, 1.82) is 0 Å². The number of fused-ring (bicyclic) bond motifs is 1. The number of hydrogen-bond donors (Lipinski definition) is 1. The SMILES string of the molecule is O=C(O)C1CC12CCN(C(=O)c1ccc3c(c1)CCC3)CC2. The topological polar surface area (TPSA) is 57.6 Å². The predicted octanol–water partition coefficient (Wildman–Crippen LogP) is 2.50. The van der Waals surface area contributed by atoms with Crippen LogP contribution >= 0.6 is 0 Å². The standard InChI is InChI=1S/C18H21NO3/c20-16(14-5-4-12-2-1-3-13(12)10-14)19-8-6-18(7-9-19)11-15(18)17(21)22/h4-5,10,15H,1-3,6-9,11H2,(H,21,22). The number of carboxylic acids is 1. The lowest BCUT2D eigenvalue weighted by Gasteiger charge is -2.32. The zero-order valence-corrected chi connectivity index (χ0v) is 12.7. The molecule has 4 heteroatoms. The first-order valence-electron chi connectivity index (χ1n) is 8.23. The summed E-state index contributed by atoms with van der Waals surface area (Å²) in [4.78, 5) is 25.7. The first-order valence-corrected chi connectivity index (χ1v) is 8.23. The summed E-state index contributed by atoms with van der Waals surface area (Å²) < 4.78 is 0. The van der Waals surface area contributed by atoms with Crippen molar-refractivity contribution in [2.45, 2.75) is 38.5 Å². The Bertz CT molecular complexity index is 644. The van der Waals surface area contributed by atoms with Crippen molar-refractivity contribution in [1.82, 2.24) is 4.90 Å². The first kappa shape index (κ1) is 13.8. The van der Waals surface area contributed by atoms with E-state index < -0.39 is 5.97 Å². The zero-order chi connectivity index (χ0) is 15.3. The molecule has 0 radical (unpaired) electrons. The molecule has 1 amide bonds. The van der Waals surface area contributed by atoms with Crippen LogP contribution in [0.5, 0.6) is 0 Å². The molecule has 0 bridgehead atoms. The van der Waals surface area contributed by atoms with Crippen LogP contribution in [0.4, 0.5) is 0 Å². The number of carbonyl (C=O) groups excluding carboxylic acids is 1. The van der Waals surface area contributed by atoms with E-state index in [0.29, 0.717) is 13.1 Å². The molecule has 1 unspecified atom stereocenters. The fourth-order valence-electron chi connectivity index (χ4n) is 4.29. The highest BCUT2D eigenvalue weighted by Gasteiger charge is 2.59. The molecule has 1 aliphatic heterocycles. The molecule has 1 spiro atoms. The Morgan fingerprint density at radius 3 is 2.55 bits per heavy atom. The Hall–Kier alpha value is -1.84. The minimum absolute atomic E-state index is 0.0133. The highest BCUT2D eigenvalue weighted by molar-refractivity contribution is 5.94. The number of likely N-dealkylation sites (tertiary alicyclic amines) is 1. The molecule has 1 saturated carbocycles. The van der Waals surface area contributed by atoms with Gasteiger partial charge in [-0.2, -0.15) is 0 Å². The van der Waals surface area contributed by atoms with Gasteiger partial charge in [0.1, 0.15) is 0 Å². The van der Waals surface area contributed by atoms with Crippen LogP contribution in [0.25, 0.3) is 0 Å². The van der Waals surface area contributed by atoms with Crippen LogP contribution in [0.1, 0.15) is 47.2 Å². The lowest BCUT2D eigenvalue weighted by Crippen LogP contribution is -2.40. The van der Waals surface area contributed by atoms with Crippen LogP contribution in [-0.2, 0) is 17.6 Å². The van der Waals surface area contributed by atoms with E-state index in [-0.39, 0.29) is 17.2 Å². The number of aryl methyl sites for hydroxylation is 2. The number of piperidine rings is 1. The van der Waals surface area contributed by atoms with Crippen molar-refractivity contribution in [3.05, 3.63) is 34.9 Å². The molecule has 2 aliphatic carbocycles. The normalized spacial score (nSPS) is 25.1. The molecule has 1 aromatic carbocycles. The smallest absolute Gasteiger partial charge is 0.307 e. The number of carbonyl (C=O) groups is 2. The summed E-state index contributed by atoms with van der Waals surface area (Å²) in [5.74, 6) is -0.736. The molecule has 3 aliphatic rings. The summed E-state index contributed by atoms with van der Waals surface area (Å²) in [6.45, 7) is 1.39. The highest BCUT2D eigenvalue weighted by atomic mass is 16.4. The Kier molecular flexibility index (Phi) is 3.03. The van der Waals surface area contributed by atoms with E-state index in [0.717, 1.165) is 37.7 Å². The maximum absolute atomic E-state index is 12.7. The van der Waals surface area contributed by atoms with Crippen LogP contribution in [-0.4, -0.2) is 35.0 Å². The lowest BCUT2D eigenvalue weighted by molar-refractivity contribution is -0.139. The van der Waals surface area contributed by atoms with Crippen molar-refractivity contribution in [3.8, 4) is 0 Å². The minimum Gasteiger partial charge on any atom is -0.481 e. The fourth-order valence-corrected chi connectivity index (χ4v) is 4.29. The van der Waals surface area contributed by atoms with Gasteiger partial charge in [0.2, 0.25) is 0 Å². The molecule has 4 rings (SSSR count). The van der Waals surface area contributed by atoms with Crippen LogP contribution in [0.2, 0.25) is 0 Å². The second kappa shape index (κ2) is 4.83. The Labute approximate surface area is 130 Å². The molecule has 22 heavy (non-hydrogen) atoms. The third kappa shape index (κ3) is 2.13. The van der Waals surface area contributed by atoms with Gasteiger partial charge in [0.05, 0.1) is 5.92 Å². The van der Waals surface area contributed by atoms with Gasteiger partial charge in [-0.05, 0) is 67.2 Å². The molecular weight excluding hydrogens is 278 g/mol. The van der Waals surface area contributed by atoms with E-state index in [4.69, 9.17) is 5.11 Å². The number of amides is 1. The minimum atomic E-state index is -0.668. The summed E-state index contributed by atoms with van der Waals surface area (Å²) in [5.41, 5.74) is 3.49. The van der Waals surface area contributed by atoms with E-state index in [2.05, 4.69) is 12.1 Å². The second-order valence-electron chi connectivity index (χ2n) is 7.09. The van der Waals surface area contributed by atoms with Gasteiger partial charge in [-0.25, -0.2) is 0 Å². The number of aliphatic carboxylic acids is 1. The summed E-state index contributed by atoms with van der Waals surface area (Å²) in [5, 5.41) is 9.13. The molecule has 1 atom stereocenters. The third-order valence-electron chi connectivity index (χ3n) is 5.88. The zero-order valence-electron chi connectivity index (χ0n) is 12.7. The van der Waals surface area contributed by atoms with Gasteiger partial charge >= 0.3 is 5.97 Å². The number of rotatable bonds is 2. The van der Waals surface area contributed by atoms with Gasteiger partial charge in [0.15, 0.2) is 0 Å². The van der Waals surface area contributed by atoms with Crippen molar-refractivity contribution in [2.75, 3.05) is 13.1 Å². The van der Waals surface area contributed by atoms with Crippen molar-refractivity contribution < 1.29 is 14.7 Å². The molecule has 116 valence electrons. The van der Waals surface area contributed by atoms with Gasteiger partial charge in [-0.1, -0.05) is 6.07 Å². The van der Waals surface area contributed by atoms with Crippen LogP contribution in [0, 0.1) is 11.3 Å². The van der Waals surface area contributed by atoms with Gasteiger partial charge in [-0.15, -0.1) is 0 Å². The number of benzene rings is 1. The summed E-state index contributed by atoms with van der Waals surface area (Å²) in [6.07, 6.45) is 5.87. The largest absolute Gasteiger partial charge is 0.481 e. The molecule has 1 N–H and O–H groups in total. The van der Waals surface area contributed by atoms with E-state index >= 15 is 0 Å². The summed E-state index contributed by atoms with van der Waals surface area (Å²) in [7, 11) is 0. The Balaban J connectivity index is 1.43. The summed E-state index contributed by atoms with van der Waals surface area (Å²) in [6, 6.07) is 6.11. The fraction of sp³-hybridized carbons (Fsp3) is 0.556. The second-order valence-corrected chi connectivity index (χ2v) is 7.09. The average Bonchev–Trinajstić information content (AvgIpc) is 3.03. The van der Waals surface area contributed by atoms with Crippen molar-refractivity contribution in [3.63, 3.8) is 0 Å². The van der Waals surface area contributed by atoms with E-state index in [1.807, 2.05) is 11.0 Å². The number of hydrogen-bond acceptors (Lipinski definition) is 2. The number of carboxylic acid groups (broad SMARTS) is 1. The van der Waals surface area contributed by atoms with Crippen molar-refractivity contribution in [2.24, 2.45) is 11.3 Å². The van der Waals surface area contributed by atoms with Gasteiger partial charge in [-0.3, -0.25) is 9.59 Å². The van der Waals surface area contributed by atoms with Crippen molar-refractivity contribution >= 4 is 11.9 Å². The van der Waals surface area contributed by atoms with E-state index in [1.54, 1.807) is 0 Å². The first-order chi connectivity index (χ1) is 10.6. The highest BCUT2D eigenvalue weighted by Crippen LogP contribution is 2.59. The Morgan fingerprint density at radius 2 is 1.86 bits per heavy atom. The Morgan fingerprint density at radius 1 is 1.14 bits per heavy atom. The number of nitrogens with zero attached hydrogens (tertiary/aromatic N) is 1. The average molecular weight is 299 g/mol. The van der Waals surface area contributed by atoms with Gasteiger partial charge in [0.25, 0.3) is 5.91 Å². The van der Waals surface area contributed by atoms with Crippen LogP contribution in [0.15, 0.2) is 18.2 Å². The maximum Gasteiger partial charge on any atom is 0.307 e. The maximum atomic E-state index is 12.7. The lowest BCUT2D eigenvalue weighted by atomic mass is 9.90. The van der Waals surface area contributed by atoms with Crippen LogP contribution in [0.3, 0.4) is 0 Å². The molecule has 1 aromatic rings. The molecular formula is C18H21NO3. The monoisotopic (exact) mass is 299 g/mol. The third-order valence-corrected chi connectivity index (χ3v) is 5.88.